The molecule has 0 fully saturated rings. The lowest BCUT2D eigenvalue weighted by Gasteiger charge is -2.34. The van der Waals surface area contributed by atoms with Gasteiger partial charge >= 0.3 is 0 Å². The van der Waals surface area contributed by atoms with Gasteiger partial charge in [-0.15, -0.1) is 10.2 Å². The van der Waals surface area contributed by atoms with E-state index in [1.165, 1.54) is 0 Å². The molecule has 0 spiro atoms. The average molecular weight is 252 g/mol. The van der Waals surface area contributed by atoms with E-state index in [2.05, 4.69) is 47.8 Å². The van der Waals surface area contributed by atoms with Crippen LogP contribution in [0.3, 0.4) is 0 Å². The molecule has 0 saturated carbocycles. The van der Waals surface area contributed by atoms with E-state index in [0.717, 1.165) is 37.8 Å². The summed E-state index contributed by atoms with van der Waals surface area (Å²) in [7, 11) is 0. The summed E-state index contributed by atoms with van der Waals surface area (Å²) in [6, 6.07) is 0.263. The van der Waals surface area contributed by atoms with E-state index in [0.29, 0.717) is 6.61 Å². The van der Waals surface area contributed by atoms with Crippen molar-refractivity contribution in [2.75, 3.05) is 13.2 Å². The maximum Gasteiger partial charge on any atom is 0.159 e. The molecule has 102 valence electrons. The van der Waals surface area contributed by atoms with Gasteiger partial charge in [0.05, 0.1) is 6.04 Å². The Morgan fingerprint density at radius 2 is 2.17 bits per heavy atom. The fourth-order valence-corrected chi connectivity index (χ4v) is 2.33. The summed E-state index contributed by atoms with van der Waals surface area (Å²) < 4.78 is 7.78. The Morgan fingerprint density at radius 1 is 1.39 bits per heavy atom. The fourth-order valence-electron chi connectivity index (χ4n) is 2.33. The van der Waals surface area contributed by atoms with E-state index in [9.17, 15) is 0 Å². The molecule has 2 heterocycles. The Hall–Kier alpha value is -0.940. The molecule has 0 radical (unpaired) electrons. The van der Waals surface area contributed by atoms with E-state index in [1.807, 2.05) is 0 Å². The first-order chi connectivity index (χ1) is 8.54. The van der Waals surface area contributed by atoms with E-state index in [1.54, 1.807) is 0 Å². The summed E-state index contributed by atoms with van der Waals surface area (Å²) in [5.74, 6) is 2.00. The van der Waals surface area contributed by atoms with E-state index >= 15 is 0 Å². The molecule has 1 N–H and O–H groups in total. The van der Waals surface area contributed by atoms with Crippen molar-refractivity contribution < 1.29 is 4.74 Å². The molecular formula is C13H24N4O. The summed E-state index contributed by atoms with van der Waals surface area (Å²) >= 11 is 0. The van der Waals surface area contributed by atoms with E-state index in [4.69, 9.17) is 4.74 Å². The van der Waals surface area contributed by atoms with Crippen molar-refractivity contribution in [3.05, 3.63) is 11.6 Å². The number of aromatic nitrogens is 3. The van der Waals surface area contributed by atoms with Crippen LogP contribution in [0, 0.1) is 5.41 Å². The quantitative estimate of drug-likeness (QED) is 0.832. The molecule has 0 amide bonds. The maximum atomic E-state index is 5.57. The lowest BCUT2D eigenvalue weighted by molar-refractivity contribution is 0.112. The normalized spacial score (nSPS) is 19.9. The second-order valence-electron chi connectivity index (χ2n) is 5.93. The van der Waals surface area contributed by atoms with Gasteiger partial charge in [-0.3, -0.25) is 0 Å². The highest BCUT2D eigenvalue weighted by molar-refractivity contribution is 5.07. The van der Waals surface area contributed by atoms with Crippen LogP contribution in [0.1, 0.15) is 51.8 Å². The largest absolute Gasteiger partial charge is 0.373 e. The van der Waals surface area contributed by atoms with Crippen molar-refractivity contribution in [3.63, 3.8) is 0 Å². The van der Waals surface area contributed by atoms with Crippen molar-refractivity contribution in [3.8, 4) is 0 Å². The van der Waals surface area contributed by atoms with Crippen molar-refractivity contribution in [2.24, 2.45) is 5.41 Å². The molecule has 0 aromatic carbocycles. The van der Waals surface area contributed by atoms with Crippen LogP contribution in [0.2, 0.25) is 0 Å². The van der Waals surface area contributed by atoms with Gasteiger partial charge < -0.3 is 14.6 Å². The van der Waals surface area contributed by atoms with Crippen LogP contribution in [0.15, 0.2) is 0 Å². The molecule has 18 heavy (non-hydrogen) atoms. The number of hydrogen-bond donors (Lipinski definition) is 1. The monoisotopic (exact) mass is 252 g/mol. The second kappa shape index (κ2) is 5.36. The van der Waals surface area contributed by atoms with Crippen LogP contribution in [0.25, 0.3) is 0 Å². The summed E-state index contributed by atoms with van der Waals surface area (Å²) in [6.07, 6.45) is 1.03. The molecule has 1 unspecified atom stereocenters. The number of nitrogens with zero attached hydrogens (tertiary/aromatic N) is 3. The van der Waals surface area contributed by atoms with Crippen LogP contribution < -0.4 is 5.32 Å². The first-order valence-corrected chi connectivity index (χ1v) is 6.77. The Kier molecular flexibility index (Phi) is 4.02. The second-order valence-corrected chi connectivity index (χ2v) is 5.93. The van der Waals surface area contributed by atoms with Gasteiger partial charge in [-0.25, -0.2) is 0 Å². The number of nitrogens with one attached hydrogen (secondary N) is 1. The van der Waals surface area contributed by atoms with Gasteiger partial charge in [0.1, 0.15) is 6.61 Å². The predicted molar refractivity (Wildman–Crippen MR) is 70.2 cm³/mol. The van der Waals surface area contributed by atoms with Crippen molar-refractivity contribution >= 4 is 0 Å². The molecule has 5 nitrogen and oxygen atoms in total. The average Bonchev–Trinajstić information content (AvgIpc) is 2.71. The highest BCUT2D eigenvalue weighted by Crippen LogP contribution is 2.33. The Labute approximate surface area is 109 Å². The summed E-state index contributed by atoms with van der Waals surface area (Å²) in [4.78, 5) is 0. The van der Waals surface area contributed by atoms with Crippen molar-refractivity contribution in [1.82, 2.24) is 20.1 Å². The van der Waals surface area contributed by atoms with Crippen LogP contribution in [0.5, 0.6) is 0 Å². The number of rotatable bonds is 4. The molecule has 1 aliphatic heterocycles. The van der Waals surface area contributed by atoms with E-state index in [-0.39, 0.29) is 11.5 Å². The lowest BCUT2D eigenvalue weighted by Crippen LogP contribution is -2.41. The molecule has 0 bridgehead atoms. The zero-order chi connectivity index (χ0) is 13.2. The van der Waals surface area contributed by atoms with Crippen LogP contribution >= 0.6 is 0 Å². The third kappa shape index (κ3) is 2.72. The van der Waals surface area contributed by atoms with E-state index < -0.39 is 0 Å². The summed E-state index contributed by atoms with van der Waals surface area (Å²) in [5.41, 5.74) is 0.146. The standard InChI is InChI=1S/C13H24N4O/c1-5-8-18-9-10-15-16-12-11(13(2,3)4)14-6-7-17(10)12/h11,14H,5-9H2,1-4H3. The number of ether oxygens (including phenoxy) is 1. The van der Waals surface area contributed by atoms with Gasteiger partial charge in [-0.2, -0.15) is 0 Å². The fraction of sp³-hybridized carbons (Fsp3) is 0.846. The first-order valence-electron chi connectivity index (χ1n) is 6.77. The molecular weight excluding hydrogens is 228 g/mol. The van der Waals surface area contributed by atoms with Gasteiger partial charge in [0, 0.05) is 19.7 Å². The lowest BCUT2D eigenvalue weighted by atomic mass is 9.85. The predicted octanol–water partition coefficient (Wildman–Crippen LogP) is 1.90. The van der Waals surface area contributed by atoms with Gasteiger partial charge in [0.25, 0.3) is 0 Å². The highest BCUT2D eigenvalue weighted by atomic mass is 16.5. The molecule has 0 saturated heterocycles. The maximum absolute atomic E-state index is 5.57. The molecule has 5 heteroatoms. The number of hydrogen-bond acceptors (Lipinski definition) is 4. The Morgan fingerprint density at radius 3 is 2.83 bits per heavy atom. The van der Waals surface area contributed by atoms with Crippen LogP contribution in [-0.2, 0) is 17.9 Å². The zero-order valence-electron chi connectivity index (χ0n) is 11.9. The third-order valence-electron chi connectivity index (χ3n) is 3.24. The molecule has 1 atom stereocenters. The molecule has 1 aromatic rings. The molecule has 1 aromatic heterocycles. The first kappa shape index (κ1) is 13.5. The summed E-state index contributed by atoms with van der Waals surface area (Å²) in [6.45, 7) is 12.0. The molecule has 2 rings (SSSR count). The SMILES string of the molecule is CCCOCc1nnc2n1CCNC2C(C)(C)C. The molecule has 1 aliphatic rings. The highest BCUT2D eigenvalue weighted by Gasteiger charge is 2.33. The smallest absolute Gasteiger partial charge is 0.159 e. The van der Waals surface area contributed by atoms with Gasteiger partial charge in [-0.1, -0.05) is 27.7 Å². The number of fused-ring (bicyclic) bond motifs is 1. The van der Waals surface area contributed by atoms with Crippen LogP contribution in [-0.4, -0.2) is 27.9 Å². The summed E-state index contributed by atoms with van der Waals surface area (Å²) in [5, 5.41) is 12.2. The van der Waals surface area contributed by atoms with Gasteiger partial charge in [0.2, 0.25) is 0 Å². The minimum atomic E-state index is 0.146. The van der Waals surface area contributed by atoms with Crippen LogP contribution in [0.4, 0.5) is 0 Å². The molecule has 0 aliphatic carbocycles. The zero-order valence-corrected chi connectivity index (χ0v) is 11.9. The Bertz CT molecular complexity index is 394. The minimum absolute atomic E-state index is 0.146. The van der Waals surface area contributed by atoms with Crippen molar-refractivity contribution in [2.45, 2.75) is 53.3 Å². The van der Waals surface area contributed by atoms with Gasteiger partial charge in [0.15, 0.2) is 11.6 Å². The third-order valence-corrected chi connectivity index (χ3v) is 3.24. The minimum Gasteiger partial charge on any atom is -0.373 e. The van der Waals surface area contributed by atoms with Crippen molar-refractivity contribution in [1.29, 1.82) is 0 Å². The van der Waals surface area contributed by atoms with Gasteiger partial charge in [-0.05, 0) is 11.8 Å². The Balaban J connectivity index is 2.16. The topological polar surface area (TPSA) is 52.0 Å².